The number of carbonyl (C=O) groups excluding carboxylic acids is 1. The van der Waals surface area contributed by atoms with Gasteiger partial charge < -0.3 is 9.64 Å². The standard InChI is InChI=1S/C17H21FN2O2S/c1-19(9-10-22-16-8-4-3-7-15(16)18)13-17(21)20(2)12-14-6-5-11-23-14/h3-8,11H,9-10,12-13H2,1-2H3. The third kappa shape index (κ3) is 5.65. The molecule has 0 aliphatic carbocycles. The van der Waals surface area contributed by atoms with E-state index in [1.165, 1.54) is 6.07 Å². The minimum atomic E-state index is -0.373. The second kappa shape index (κ2) is 8.64. The van der Waals surface area contributed by atoms with Crippen LogP contribution in [0.1, 0.15) is 4.88 Å². The number of para-hydroxylation sites is 1. The van der Waals surface area contributed by atoms with Gasteiger partial charge in [0.25, 0.3) is 0 Å². The fourth-order valence-electron chi connectivity index (χ4n) is 2.03. The van der Waals surface area contributed by atoms with Crippen LogP contribution in [-0.4, -0.2) is 49.5 Å². The zero-order valence-corrected chi connectivity index (χ0v) is 14.2. The van der Waals surface area contributed by atoms with E-state index in [4.69, 9.17) is 4.74 Å². The van der Waals surface area contributed by atoms with E-state index in [-0.39, 0.29) is 17.5 Å². The van der Waals surface area contributed by atoms with Crippen LogP contribution in [0.2, 0.25) is 0 Å². The van der Waals surface area contributed by atoms with Crippen molar-refractivity contribution in [3.05, 3.63) is 52.5 Å². The third-order valence-electron chi connectivity index (χ3n) is 3.37. The van der Waals surface area contributed by atoms with E-state index in [2.05, 4.69) is 0 Å². The van der Waals surface area contributed by atoms with Gasteiger partial charge >= 0.3 is 0 Å². The van der Waals surface area contributed by atoms with Crippen molar-refractivity contribution in [3.8, 4) is 5.75 Å². The number of amides is 1. The number of hydrogen-bond donors (Lipinski definition) is 0. The summed E-state index contributed by atoms with van der Waals surface area (Å²) in [5.74, 6) is -0.0873. The molecule has 0 unspecified atom stereocenters. The average Bonchev–Trinajstić information content (AvgIpc) is 3.02. The number of carbonyl (C=O) groups is 1. The van der Waals surface area contributed by atoms with Gasteiger partial charge in [0, 0.05) is 18.5 Å². The summed E-state index contributed by atoms with van der Waals surface area (Å²) in [5, 5.41) is 2.00. The molecule has 0 spiro atoms. The van der Waals surface area contributed by atoms with Crippen LogP contribution in [0.5, 0.6) is 5.75 Å². The molecular weight excluding hydrogens is 315 g/mol. The van der Waals surface area contributed by atoms with Gasteiger partial charge in [0.05, 0.1) is 13.1 Å². The van der Waals surface area contributed by atoms with E-state index in [9.17, 15) is 9.18 Å². The second-order valence-corrected chi connectivity index (χ2v) is 6.38. The van der Waals surface area contributed by atoms with Crippen LogP contribution in [0.3, 0.4) is 0 Å². The normalized spacial score (nSPS) is 10.8. The molecule has 2 rings (SSSR count). The zero-order valence-electron chi connectivity index (χ0n) is 13.4. The van der Waals surface area contributed by atoms with E-state index in [1.54, 1.807) is 41.5 Å². The fraction of sp³-hybridized carbons (Fsp3) is 0.353. The summed E-state index contributed by atoms with van der Waals surface area (Å²) in [7, 11) is 3.65. The van der Waals surface area contributed by atoms with Crippen LogP contribution in [0.4, 0.5) is 4.39 Å². The van der Waals surface area contributed by atoms with Gasteiger partial charge in [0.2, 0.25) is 5.91 Å². The Balaban J connectivity index is 1.70. The molecular formula is C17H21FN2O2S. The van der Waals surface area contributed by atoms with E-state index >= 15 is 0 Å². The molecule has 124 valence electrons. The molecule has 1 aromatic carbocycles. The van der Waals surface area contributed by atoms with Crippen molar-refractivity contribution in [3.63, 3.8) is 0 Å². The van der Waals surface area contributed by atoms with E-state index in [0.717, 1.165) is 4.88 Å². The highest BCUT2D eigenvalue weighted by molar-refractivity contribution is 7.09. The topological polar surface area (TPSA) is 32.8 Å². The Kier molecular flexibility index (Phi) is 6.55. The van der Waals surface area contributed by atoms with Crippen molar-refractivity contribution in [2.45, 2.75) is 6.54 Å². The van der Waals surface area contributed by atoms with Gasteiger partial charge in [0.1, 0.15) is 6.61 Å². The molecule has 6 heteroatoms. The van der Waals surface area contributed by atoms with Gasteiger partial charge in [-0.3, -0.25) is 9.69 Å². The van der Waals surface area contributed by atoms with Gasteiger partial charge in [-0.15, -0.1) is 11.3 Å². The van der Waals surface area contributed by atoms with Crippen molar-refractivity contribution in [1.29, 1.82) is 0 Å². The number of rotatable bonds is 8. The number of likely N-dealkylation sites (N-methyl/N-ethyl adjacent to an activating group) is 2. The number of nitrogens with zero attached hydrogens (tertiary/aromatic N) is 2. The highest BCUT2D eigenvalue weighted by Gasteiger charge is 2.12. The Morgan fingerprint density at radius 1 is 1.22 bits per heavy atom. The van der Waals surface area contributed by atoms with Crippen LogP contribution in [-0.2, 0) is 11.3 Å². The minimum absolute atomic E-state index is 0.0480. The van der Waals surface area contributed by atoms with Gasteiger partial charge in [-0.25, -0.2) is 4.39 Å². The summed E-state index contributed by atoms with van der Waals surface area (Å²) in [6.45, 7) is 1.81. The molecule has 0 radical (unpaired) electrons. The first kappa shape index (κ1) is 17.4. The van der Waals surface area contributed by atoms with Crippen molar-refractivity contribution < 1.29 is 13.9 Å². The Labute approximate surface area is 140 Å². The summed E-state index contributed by atoms with van der Waals surface area (Å²) in [4.78, 5) is 16.9. The van der Waals surface area contributed by atoms with Crippen molar-refractivity contribution in [2.75, 3.05) is 33.8 Å². The molecule has 0 atom stereocenters. The number of hydrogen-bond acceptors (Lipinski definition) is 4. The maximum Gasteiger partial charge on any atom is 0.236 e. The van der Waals surface area contributed by atoms with Gasteiger partial charge in [0.15, 0.2) is 11.6 Å². The number of halogens is 1. The Hall–Kier alpha value is -1.92. The largest absolute Gasteiger partial charge is 0.489 e. The lowest BCUT2D eigenvalue weighted by Crippen LogP contribution is -2.37. The third-order valence-corrected chi connectivity index (χ3v) is 4.23. The Bertz CT molecular complexity index is 619. The van der Waals surface area contributed by atoms with E-state index in [1.807, 2.05) is 29.5 Å². The number of thiophene rings is 1. The first-order valence-corrected chi connectivity index (χ1v) is 8.26. The monoisotopic (exact) mass is 336 g/mol. The van der Waals surface area contributed by atoms with Crippen LogP contribution < -0.4 is 4.74 Å². The smallest absolute Gasteiger partial charge is 0.236 e. The fourth-order valence-corrected chi connectivity index (χ4v) is 2.79. The lowest BCUT2D eigenvalue weighted by Gasteiger charge is -2.21. The molecule has 0 bridgehead atoms. The van der Waals surface area contributed by atoms with Crippen molar-refractivity contribution in [1.82, 2.24) is 9.80 Å². The highest BCUT2D eigenvalue weighted by atomic mass is 32.1. The minimum Gasteiger partial charge on any atom is -0.489 e. The Morgan fingerprint density at radius 3 is 2.70 bits per heavy atom. The van der Waals surface area contributed by atoms with E-state index in [0.29, 0.717) is 26.2 Å². The molecule has 23 heavy (non-hydrogen) atoms. The SMILES string of the molecule is CN(CCOc1ccccc1F)CC(=O)N(C)Cc1cccs1. The lowest BCUT2D eigenvalue weighted by molar-refractivity contribution is -0.131. The molecule has 4 nitrogen and oxygen atoms in total. The van der Waals surface area contributed by atoms with Crippen LogP contribution in [0, 0.1) is 5.82 Å². The molecule has 2 aromatic rings. The van der Waals surface area contributed by atoms with Gasteiger partial charge in [-0.05, 0) is 30.6 Å². The maximum absolute atomic E-state index is 13.4. The lowest BCUT2D eigenvalue weighted by atomic mass is 10.3. The molecule has 0 fully saturated rings. The Morgan fingerprint density at radius 2 is 2.00 bits per heavy atom. The number of benzene rings is 1. The number of ether oxygens (including phenoxy) is 1. The molecule has 0 N–H and O–H groups in total. The van der Waals surface area contributed by atoms with Crippen LogP contribution in [0.25, 0.3) is 0 Å². The molecule has 1 heterocycles. The summed E-state index contributed by atoms with van der Waals surface area (Å²) in [5.41, 5.74) is 0. The average molecular weight is 336 g/mol. The summed E-state index contributed by atoms with van der Waals surface area (Å²) < 4.78 is 18.8. The van der Waals surface area contributed by atoms with Crippen molar-refractivity contribution in [2.24, 2.45) is 0 Å². The quantitative estimate of drug-likeness (QED) is 0.743. The highest BCUT2D eigenvalue weighted by Crippen LogP contribution is 2.15. The van der Waals surface area contributed by atoms with Crippen molar-refractivity contribution >= 4 is 17.2 Å². The molecule has 0 aliphatic heterocycles. The first-order valence-electron chi connectivity index (χ1n) is 7.38. The van der Waals surface area contributed by atoms with Crippen LogP contribution in [0.15, 0.2) is 41.8 Å². The molecule has 0 aliphatic rings. The van der Waals surface area contributed by atoms with Gasteiger partial charge in [-0.2, -0.15) is 0 Å². The molecule has 0 saturated heterocycles. The molecule has 0 saturated carbocycles. The zero-order chi connectivity index (χ0) is 16.7. The molecule has 1 aromatic heterocycles. The predicted octanol–water partition coefficient (Wildman–Crippen LogP) is 2.86. The second-order valence-electron chi connectivity index (χ2n) is 5.35. The first-order chi connectivity index (χ1) is 11.1. The molecule has 1 amide bonds. The van der Waals surface area contributed by atoms with E-state index < -0.39 is 0 Å². The predicted molar refractivity (Wildman–Crippen MR) is 90.2 cm³/mol. The summed E-state index contributed by atoms with van der Waals surface area (Å²) in [6.07, 6.45) is 0. The van der Waals surface area contributed by atoms with Crippen LogP contribution >= 0.6 is 11.3 Å². The van der Waals surface area contributed by atoms with Gasteiger partial charge in [-0.1, -0.05) is 18.2 Å². The maximum atomic E-state index is 13.4. The summed E-state index contributed by atoms with van der Waals surface area (Å²) in [6, 6.07) is 10.3. The summed E-state index contributed by atoms with van der Waals surface area (Å²) >= 11 is 1.64.